The van der Waals surface area contributed by atoms with Gasteiger partial charge in [0.05, 0.1) is 0 Å². The van der Waals surface area contributed by atoms with Crippen LogP contribution >= 0.6 is 27.5 Å². The normalized spacial score (nSPS) is 9.90. The highest BCUT2D eigenvalue weighted by Gasteiger charge is 1.99. The van der Waals surface area contributed by atoms with E-state index in [0.717, 1.165) is 4.47 Å². The summed E-state index contributed by atoms with van der Waals surface area (Å²) < 4.78 is 1.10. The average molecular weight is 220 g/mol. The molecule has 2 heteroatoms. The van der Waals surface area contributed by atoms with Gasteiger partial charge in [0.1, 0.15) is 0 Å². The fourth-order valence-corrected chi connectivity index (χ4v) is 1.96. The third-order valence-corrected chi connectivity index (χ3v) is 2.50. The van der Waals surface area contributed by atoms with Gasteiger partial charge in [-0.1, -0.05) is 28.1 Å². The maximum atomic E-state index is 5.71. The predicted octanol–water partition coefficient (Wildman–Crippen LogP) is 3.50. The van der Waals surface area contributed by atoms with E-state index in [0.29, 0.717) is 5.88 Å². The fraction of sp³-hybridized carbons (Fsp3) is 0.250. The zero-order chi connectivity index (χ0) is 7.56. The number of halogens is 2. The van der Waals surface area contributed by atoms with Crippen LogP contribution in [0.25, 0.3) is 0 Å². The largest absolute Gasteiger partial charge is 0.121 e. The summed E-state index contributed by atoms with van der Waals surface area (Å²) in [5.41, 5.74) is 2.42. The van der Waals surface area contributed by atoms with E-state index < -0.39 is 0 Å². The number of alkyl halides is 1. The first kappa shape index (κ1) is 8.09. The minimum atomic E-state index is 0.577. The van der Waals surface area contributed by atoms with Crippen LogP contribution in [0.3, 0.4) is 0 Å². The van der Waals surface area contributed by atoms with E-state index in [1.807, 2.05) is 12.1 Å². The molecule has 0 amide bonds. The van der Waals surface area contributed by atoms with Gasteiger partial charge in [-0.15, -0.1) is 11.6 Å². The summed E-state index contributed by atoms with van der Waals surface area (Å²) in [4.78, 5) is 0. The van der Waals surface area contributed by atoms with Crippen molar-refractivity contribution in [2.24, 2.45) is 0 Å². The lowest BCUT2D eigenvalue weighted by Gasteiger charge is -2.02. The summed E-state index contributed by atoms with van der Waals surface area (Å²) in [5.74, 6) is 0.577. The van der Waals surface area contributed by atoms with Crippen molar-refractivity contribution in [3.63, 3.8) is 0 Å². The lowest BCUT2D eigenvalue weighted by Crippen LogP contribution is -1.84. The first-order valence-corrected chi connectivity index (χ1v) is 4.38. The van der Waals surface area contributed by atoms with Crippen molar-refractivity contribution in [3.8, 4) is 0 Å². The second kappa shape index (κ2) is 3.40. The van der Waals surface area contributed by atoms with Crippen LogP contribution in [-0.4, -0.2) is 0 Å². The van der Waals surface area contributed by atoms with Gasteiger partial charge in [-0.25, -0.2) is 0 Å². The van der Waals surface area contributed by atoms with E-state index in [2.05, 4.69) is 28.9 Å². The summed E-state index contributed by atoms with van der Waals surface area (Å²) in [6.07, 6.45) is 0. The van der Waals surface area contributed by atoms with Gasteiger partial charge in [0, 0.05) is 10.4 Å². The Hall–Kier alpha value is -0.0100. The topological polar surface area (TPSA) is 0 Å². The van der Waals surface area contributed by atoms with Gasteiger partial charge in [0.15, 0.2) is 0 Å². The van der Waals surface area contributed by atoms with E-state index in [4.69, 9.17) is 11.6 Å². The molecule has 0 fully saturated rings. The lowest BCUT2D eigenvalue weighted by molar-refractivity contribution is 1.28. The summed E-state index contributed by atoms with van der Waals surface area (Å²) in [6, 6.07) is 6.07. The highest BCUT2D eigenvalue weighted by molar-refractivity contribution is 9.10. The van der Waals surface area contributed by atoms with Crippen molar-refractivity contribution in [1.29, 1.82) is 0 Å². The van der Waals surface area contributed by atoms with Crippen LogP contribution in [0.15, 0.2) is 22.7 Å². The van der Waals surface area contributed by atoms with Gasteiger partial charge < -0.3 is 0 Å². The SMILES string of the molecule is Cc1cccc(Br)c1CCl. The van der Waals surface area contributed by atoms with Crippen molar-refractivity contribution in [1.82, 2.24) is 0 Å². The first-order chi connectivity index (χ1) is 4.75. The highest BCUT2D eigenvalue weighted by Crippen LogP contribution is 2.21. The Morgan fingerprint density at radius 2 is 2.20 bits per heavy atom. The summed E-state index contributed by atoms with van der Waals surface area (Å²) in [6.45, 7) is 2.06. The van der Waals surface area contributed by atoms with Crippen molar-refractivity contribution < 1.29 is 0 Å². The molecule has 0 N–H and O–H groups in total. The van der Waals surface area contributed by atoms with Crippen molar-refractivity contribution >= 4 is 27.5 Å². The summed E-state index contributed by atoms with van der Waals surface area (Å²) in [7, 11) is 0. The molecule has 0 atom stereocenters. The molecule has 1 aromatic carbocycles. The van der Waals surface area contributed by atoms with Crippen molar-refractivity contribution in [2.45, 2.75) is 12.8 Å². The summed E-state index contributed by atoms with van der Waals surface area (Å²) >= 11 is 9.13. The number of hydrogen-bond acceptors (Lipinski definition) is 0. The van der Waals surface area contributed by atoms with Gasteiger partial charge in [0.25, 0.3) is 0 Å². The van der Waals surface area contributed by atoms with Crippen LogP contribution in [0, 0.1) is 6.92 Å². The second-order valence-electron chi connectivity index (χ2n) is 2.17. The zero-order valence-electron chi connectivity index (χ0n) is 5.70. The predicted molar refractivity (Wildman–Crippen MR) is 48.4 cm³/mol. The van der Waals surface area contributed by atoms with Crippen LogP contribution in [0.1, 0.15) is 11.1 Å². The molecular weight excluding hydrogens is 211 g/mol. The van der Waals surface area contributed by atoms with Crippen LogP contribution in [0.5, 0.6) is 0 Å². The molecule has 0 heterocycles. The molecule has 1 aromatic rings. The van der Waals surface area contributed by atoms with Gasteiger partial charge in [-0.2, -0.15) is 0 Å². The highest BCUT2D eigenvalue weighted by atomic mass is 79.9. The Labute approximate surface area is 74.3 Å². The van der Waals surface area contributed by atoms with Gasteiger partial charge in [-0.05, 0) is 24.1 Å². The monoisotopic (exact) mass is 218 g/mol. The van der Waals surface area contributed by atoms with Crippen LogP contribution in [0.2, 0.25) is 0 Å². The minimum Gasteiger partial charge on any atom is -0.121 e. The van der Waals surface area contributed by atoms with Crippen LogP contribution in [0.4, 0.5) is 0 Å². The van der Waals surface area contributed by atoms with Crippen molar-refractivity contribution in [2.75, 3.05) is 0 Å². The van der Waals surface area contributed by atoms with E-state index >= 15 is 0 Å². The Balaban J connectivity index is 3.17. The van der Waals surface area contributed by atoms with Crippen LogP contribution < -0.4 is 0 Å². The van der Waals surface area contributed by atoms with E-state index in [-0.39, 0.29) is 0 Å². The molecule has 1 rings (SSSR count). The van der Waals surface area contributed by atoms with Crippen LogP contribution in [-0.2, 0) is 5.88 Å². The molecule has 0 unspecified atom stereocenters. The standard InChI is InChI=1S/C8H8BrCl/c1-6-3-2-4-8(9)7(6)5-10/h2-4H,5H2,1H3. The zero-order valence-corrected chi connectivity index (χ0v) is 8.04. The third-order valence-electron chi connectivity index (χ3n) is 1.49. The Bertz CT molecular complexity index is 212. The number of rotatable bonds is 1. The fourth-order valence-electron chi connectivity index (χ4n) is 0.836. The molecule has 54 valence electrons. The number of aryl methyl sites for hydroxylation is 1. The molecule has 10 heavy (non-hydrogen) atoms. The molecule has 0 spiro atoms. The molecular formula is C8H8BrCl. The Morgan fingerprint density at radius 1 is 1.50 bits per heavy atom. The molecule has 0 aliphatic rings. The lowest BCUT2D eigenvalue weighted by atomic mass is 10.1. The van der Waals surface area contributed by atoms with Gasteiger partial charge in [0.2, 0.25) is 0 Å². The molecule has 0 saturated carbocycles. The number of benzene rings is 1. The number of hydrogen-bond donors (Lipinski definition) is 0. The molecule has 0 radical (unpaired) electrons. The Morgan fingerprint density at radius 3 is 2.60 bits per heavy atom. The van der Waals surface area contributed by atoms with E-state index in [1.165, 1.54) is 11.1 Å². The maximum Gasteiger partial charge on any atom is 0.0487 e. The molecule has 0 aromatic heterocycles. The van der Waals surface area contributed by atoms with Crippen molar-refractivity contribution in [3.05, 3.63) is 33.8 Å². The molecule has 0 nitrogen and oxygen atoms in total. The Kier molecular flexibility index (Phi) is 2.75. The van der Waals surface area contributed by atoms with Gasteiger partial charge >= 0.3 is 0 Å². The van der Waals surface area contributed by atoms with Gasteiger partial charge in [-0.3, -0.25) is 0 Å². The quantitative estimate of drug-likeness (QED) is 0.634. The third kappa shape index (κ3) is 1.53. The van der Waals surface area contributed by atoms with E-state index in [1.54, 1.807) is 0 Å². The molecule has 0 aliphatic carbocycles. The second-order valence-corrected chi connectivity index (χ2v) is 3.29. The first-order valence-electron chi connectivity index (χ1n) is 3.05. The maximum absolute atomic E-state index is 5.71. The van der Waals surface area contributed by atoms with E-state index in [9.17, 15) is 0 Å². The minimum absolute atomic E-state index is 0.577. The smallest absolute Gasteiger partial charge is 0.0487 e. The molecule has 0 aliphatic heterocycles. The average Bonchev–Trinajstić information content (AvgIpc) is 1.88. The molecule has 0 saturated heterocycles. The summed E-state index contributed by atoms with van der Waals surface area (Å²) in [5, 5.41) is 0. The molecule has 0 bridgehead atoms.